The largest absolute Gasteiger partial charge is 0.353 e. The molecule has 0 saturated heterocycles. The van der Waals surface area contributed by atoms with Gasteiger partial charge >= 0.3 is 0 Å². The van der Waals surface area contributed by atoms with Gasteiger partial charge in [-0.15, -0.1) is 11.3 Å². The number of hydrogen-bond donors (Lipinski definition) is 1. The molecule has 1 amide bonds. The quantitative estimate of drug-likeness (QED) is 0.455. The molecule has 29 heavy (non-hydrogen) atoms. The number of carbonyl (C=O) groups is 1. The van der Waals surface area contributed by atoms with Crippen molar-refractivity contribution in [1.29, 1.82) is 0 Å². The van der Waals surface area contributed by atoms with Gasteiger partial charge in [-0.25, -0.2) is 4.98 Å². The van der Waals surface area contributed by atoms with Crippen molar-refractivity contribution in [1.82, 2.24) is 14.9 Å². The van der Waals surface area contributed by atoms with E-state index in [4.69, 9.17) is 4.98 Å². The number of aromatic nitrogens is 2. The number of fused-ring (bicyclic) bond motifs is 3. The molecule has 0 saturated carbocycles. The van der Waals surface area contributed by atoms with E-state index in [-0.39, 0.29) is 17.5 Å². The zero-order valence-corrected chi connectivity index (χ0v) is 19.7. The molecule has 160 valence electrons. The average molecular weight is 436 g/mol. The Bertz CT molecular complexity index is 917. The van der Waals surface area contributed by atoms with Gasteiger partial charge in [0.2, 0.25) is 5.91 Å². The SMILES string of the molecule is CCCC(C)NC(=O)CSc1nc2sc3c(c2c(=O)n1CCC(C)C)CCCC3. The van der Waals surface area contributed by atoms with E-state index in [2.05, 4.69) is 26.1 Å². The lowest BCUT2D eigenvalue weighted by atomic mass is 9.97. The van der Waals surface area contributed by atoms with E-state index in [0.717, 1.165) is 48.7 Å². The number of aryl methyl sites for hydroxylation is 2. The summed E-state index contributed by atoms with van der Waals surface area (Å²) < 4.78 is 1.82. The van der Waals surface area contributed by atoms with Crippen LogP contribution in [0, 0.1) is 5.92 Å². The minimum Gasteiger partial charge on any atom is -0.353 e. The van der Waals surface area contributed by atoms with Crippen LogP contribution in [0.5, 0.6) is 0 Å². The van der Waals surface area contributed by atoms with Crippen molar-refractivity contribution in [2.24, 2.45) is 5.92 Å². The Morgan fingerprint density at radius 1 is 1.24 bits per heavy atom. The number of hydrogen-bond acceptors (Lipinski definition) is 5. The molecule has 0 radical (unpaired) electrons. The van der Waals surface area contributed by atoms with E-state index in [1.54, 1.807) is 11.3 Å². The first kappa shape index (κ1) is 22.3. The summed E-state index contributed by atoms with van der Waals surface area (Å²) in [5.41, 5.74) is 1.31. The van der Waals surface area contributed by atoms with Crippen molar-refractivity contribution in [3.05, 3.63) is 20.8 Å². The van der Waals surface area contributed by atoms with Crippen LogP contribution < -0.4 is 10.9 Å². The fourth-order valence-electron chi connectivity index (χ4n) is 3.87. The zero-order chi connectivity index (χ0) is 21.0. The highest BCUT2D eigenvalue weighted by Gasteiger charge is 2.22. The summed E-state index contributed by atoms with van der Waals surface area (Å²) in [5.74, 6) is 0.801. The molecule has 0 spiro atoms. The number of nitrogens with one attached hydrogen (secondary N) is 1. The number of thioether (sulfide) groups is 1. The number of thiophene rings is 1. The van der Waals surface area contributed by atoms with Gasteiger partial charge in [0.05, 0.1) is 11.1 Å². The van der Waals surface area contributed by atoms with Crippen molar-refractivity contribution in [2.45, 2.75) is 90.4 Å². The molecular formula is C22H33N3O2S2. The van der Waals surface area contributed by atoms with Gasteiger partial charge in [-0.05, 0) is 56.9 Å². The number of rotatable bonds is 9. The summed E-state index contributed by atoms with van der Waals surface area (Å²) in [7, 11) is 0. The minimum absolute atomic E-state index is 0.00572. The van der Waals surface area contributed by atoms with Gasteiger partial charge in [-0.2, -0.15) is 0 Å². The molecule has 1 unspecified atom stereocenters. The predicted octanol–water partition coefficient (Wildman–Crippen LogP) is 4.78. The predicted molar refractivity (Wildman–Crippen MR) is 123 cm³/mol. The second-order valence-corrected chi connectivity index (χ2v) is 10.5. The Labute approximate surface area is 181 Å². The third-order valence-corrected chi connectivity index (χ3v) is 7.59. The Morgan fingerprint density at radius 2 is 2.00 bits per heavy atom. The maximum atomic E-state index is 13.4. The van der Waals surface area contributed by atoms with Crippen molar-refractivity contribution in [3.8, 4) is 0 Å². The van der Waals surface area contributed by atoms with Crippen LogP contribution >= 0.6 is 23.1 Å². The highest BCUT2D eigenvalue weighted by Crippen LogP contribution is 2.34. The van der Waals surface area contributed by atoms with Gasteiger partial charge in [-0.3, -0.25) is 14.2 Å². The fraction of sp³-hybridized carbons (Fsp3) is 0.682. The molecule has 3 rings (SSSR count). The van der Waals surface area contributed by atoms with Crippen molar-refractivity contribution < 1.29 is 4.79 Å². The molecule has 0 aromatic carbocycles. The third kappa shape index (κ3) is 5.43. The van der Waals surface area contributed by atoms with Crippen LogP contribution in [0.3, 0.4) is 0 Å². The normalized spacial score (nSPS) is 14.9. The van der Waals surface area contributed by atoms with Gasteiger partial charge in [0, 0.05) is 17.5 Å². The lowest BCUT2D eigenvalue weighted by Gasteiger charge is -2.15. The second-order valence-electron chi connectivity index (χ2n) is 8.47. The smallest absolute Gasteiger partial charge is 0.263 e. The van der Waals surface area contributed by atoms with E-state index in [0.29, 0.717) is 23.4 Å². The van der Waals surface area contributed by atoms with Gasteiger partial charge < -0.3 is 5.32 Å². The monoisotopic (exact) mass is 435 g/mol. The summed E-state index contributed by atoms with van der Waals surface area (Å²) in [6.07, 6.45) is 7.33. The number of nitrogens with zero attached hydrogens (tertiary/aromatic N) is 2. The summed E-state index contributed by atoms with van der Waals surface area (Å²) in [5, 5.41) is 4.55. The molecule has 1 atom stereocenters. The summed E-state index contributed by atoms with van der Waals surface area (Å²) in [4.78, 5) is 32.8. The molecular weight excluding hydrogens is 402 g/mol. The first-order valence-electron chi connectivity index (χ1n) is 10.9. The van der Waals surface area contributed by atoms with Crippen LogP contribution in [0.15, 0.2) is 9.95 Å². The molecule has 0 aliphatic heterocycles. The lowest BCUT2D eigenvalue weighted by molar-refractivity contribution is -0.119. The molecule has 7 heteroatoms. The molecule has 1 aliphatic rings. The van der Waals surface area contributed by atoms with Crippen LogP contribution in [-0.2, 0) is 24.2 Å². The third-order valence-electron chi connectivity index (χ3n) is 5.43. The number of carbonyl (C=O) groups excluding carboxylic acids is 1. The summed E-state index contributed by atoms with van der Waals surface area (Å²) in [6, 6.07) is 0.177. The first-order valence-corrected chi connectivity index (χ1v) is 12.7. The van der Waals surface area contributed by atoms with E-state index in [9.17, 15) is 9.59 Å². The highest BCUT2D eigenvalue weighted by molar-refractivity contribution is 7.99. The van der Waals surface area contributed by atoms with Crippen molar-refractivity contribution in [3.63, 3.8) is 0 Å². The first-order chi connectivity index (χ1) is 13.9. The molecule has 1 N–H and O–H groups in total. The van der Waals surface area contributed by atoms with E-state index < -0.39 is 0 Å². The molecule has 2 aromatic heterocycles. The standard InChI is InChI=1S/C22H33N3O2S2/c1-5-8-15(4)23-18(26)13-28-22-24-20-19(16-9-6-7-10-17(16)29-20)21(27)25(22)12-11-14(2)3/h14-15H,5-13H2,1-4H3,(H,23,26). The van der Waals surface area contributed by atoms with Crippen molar-refractivity contribution >= 4 is 39.2 Å². The lowest BCUT2D eigenvalue weighted by Crippen LogP contribution is -2.34. The fourth-order valence-corrected chi connectivity index (χ4v) is 6.01. The van der Waals surface area contributed by atoms with Gasteiger partial charge in [0.15, 0.2) is 5.16 Å². The molecule has 0 bridgehead atoms. The van der Waals surface area contributed by atoms with E-state index in [1.807, 2.05) is 11.5 Å². The molecule has 0 fully saturated rings. The highest BCUT2D eigenvalue weighted by atomic mass is 32.2. The van der Waals surface area contributed by atoms with Gasteiger partial charge in [0.25, 0.3) is 5.56 Å². The molecule has 2 aromatic rings. The van der Waals surface area contributed by atoms with Crippen LogP contribution in [0.25, 0.3) is 10.2 Å². The maximum Gasteiger partial charge on any atom is 0.263 e. The average Bonchev–Trinajstić information content (AvgIpc) is 3.04. The molecule has 2 heterocycles. The topological polar surface area (TPSA) is 64.0 Å². The van der Waals surface area contributed by atoms with Crippen LogP contribution in [0.4, 0.5) is 0 Å². The summed E-state index contributed by atoms with van der Waals surface area (Å²) >= 11 is 3.06. The second kappa shape index (κ2) is 10.1. The Morgan fingerprint density at radius 3 is 2.72 bits per heavy atom. The molecule has 5 nitrogen and oxygen atoms in total. The van der Waals surface area contributed by atoms with E-state index >= 15 is 0 Å². The Hall–Kier alpha value is -1.34. The maximum absolute atomic E-state index is 13.4. The Balaban J connectivity index is 1.89. The van der Waals surface area contributed by atoms with Crippen molar-refractivity contribution in [2.75, 3.05) is 5.75 Å². The van der Waals surface area contributed by atoms with Crippen LogP contribution in [0.2, 0.25) is 0 Å². The van der Waals surface area contributed by atoms with Crippen LogP contribution in [0.1, 0.15) is 70.2 Å². The zero-order valence-electron chi connectivity index (χ0n) is 18.0. The van der Waals surface area contributed by atoms with Gasteiger partial charge in [0.1, 0.15) is 4.83 Å². The molecule has 1 aliphatic carbocycles. The Kier molecular flexibility index (Phi) is 7.79. The van der Waals surface area contributed by atoms with Crippen LogP contribution in [-0.4, -0.2) is 27.3 Å². The van der Waals surface area contributed by atoms with E-state index in [1.165, 1.54) is 28.6 Å². The van der Waals surface area contributed by atoms with Gasteiger partial charge in [-0.1, -0.05) is 39.0 Å². The number of amides is 1. The summed E-state index contributed by atoms with van der Waals surface area (Å²) in [6.45, 7) is 9.13. The minimum atomic E-state index is 0.00572.